The number of aromatic hydroxyl groups is 5. The number of benzene rings is 2. The summed E-state index contributed by atoms with van der Waals surface area (Å²) < 4.78 is 11.2. The molecule has 2 aliphatic rings. The molecule has 3 aromatic rings. The minimum absolute atomic E-state index is 0.00480. The van der Waals surface area contributed by atoms with Gasteiger partial charge in [-0.3, -0.25) is 4.79 Å². The number of aliphatic hydroxyl groups excluding tert-OH is 2. The van der Waals surface area contributed by atoms with E-state index in [0.717, 1.165) is 24.3 Å². The summed E-state index contributed by atoms with van der Waals surface area (Å²) in [6.07, 6.45) is -5.04. The Bertz CT molecular complexity index is 1800. The molecule has 14 heteroatoms. The van der Waals surface area contributed by atoms with Gasteiger partial charge in [-0.15, -0.1) is 0 Å². The summed E-state index contributed by atoms with van der Waals surface area (Å²) in [7, 11) is 0. The van der Waals surface area contributed by atoms with Crippen molar-refractivity contribution in [1.29, 1.82) is 0 Å². The first-order valence-electron chi connectivity index (χ1n) is 13.8. The minimum atomic E-state index is -2.46. The average Bonchev–Trinajstić information content (AvgIpc) is 3.08. The van der Waals surface area contributed by atoms with Crippen molar-refractivity contribution in [3.8, 4) is 34.5 Å². The molecule has 0 spiro atoms. The first kappa shape index (κ1) is 31.4. The Morgan fingerprint density at radius 1 is 0.978 bits per heavy atom. The molecule has 0 amide bonds. The van der Waals surface area contributed by atoms with Crippen LogP contribution in [0, 0.1) is 5.92 Å². The number of aliphatic carboxylic acids is 1. The van der Waals surface area contributed by atoms with Gasteiger partial charge in [0.2, 0.25) is 5.43 Å². The zero-order chi connectivity index (χ0) is 33.0. The number of esters is 1. The SMILES string of the molecule is C[C@@H]1Cc2c(O)cc(O)cc2O[C@@H]1c1cc(=O)c(O)c2c(O)c(O)cc(/C=C/C(=O)OC3CC(O)(C(=O)O)CC(O)C3O)c2c1. The first-order valence-corrected chi connectivity index (χ1v) is 13.8. The highest BCUT2D eigenvalue weighted by Gasteiger charge is 2.50. The van der Waals surface area contributed by atoms with Gasteiger partial charge >= 0.3 is 11.9 Å². The van der Waals surface area contributed by atoms with E-state index in [1.807, 2.05) is 0 Å². The van der Waals surface area contributed by atoms with Gasteiger partial charge in [-0.25, -0.2) is 9.59 Å². The normalized spacial score (nSPS) is 26.3. The first-order chi connectivity index (χ1) is 21.1. The van der Waals surface area contributed by atoms with E-state index in [1.54, 1.807) is 6.92 Å². The highest BCUT2D eigenvalue weighted by Crippen LogP contribution is 2.46. The Labute approximate surface area is 253 Å². The molecule has 1 aliphatic carbocycles. The van der Waals surface area contributed by atoms with Gasteiger partial charge in [0.05, 0.1) is 11.5 Å². The molecular weight excluding hydrogens is 596 g/mol. The Balaban J connectivity index is 1.55. The van der Waals surface area contributed by atoms with Gasteiger partial charge in [-0.05, 0) is 47.2 Å². The number of ether oxygens (including phenoxy) is 2. The van der Waals surface area contributed by atoms with Crippen LogP contribution in [0.15, 0.2) is 41.2 Å². The lowest BCUT2D eigenvalue weighted by atomic mass is 9.79. The number of fused-ring (bicyclic) bond motifs is 2. The van der Waals surface area contributed by atoms with E-state index < -0.39 is 82.9 Å². The predicted molar refractivity (Wildman–Crippen MR) is 154 cm³/mol. The van der Waals surface area contributed by atoms with Crippen LogP contribution in [-0.4, -0.2) is 81.8 Å². The van der Waals surface area contributed by atoms with Gasteiger partial charge in [-0.2, -0.15) is 0 Å². The van der Waals surface area contributed by atoms with Crippen molar-refractivity contribution in [2.45, 2.75) is 56.2 Å². The van der Waals surface area contributed by atoms with Crippen LogP contribution in [0.1, 0.15) is 42.6 Å². The topological polar surface area (TPSA) is 252 Å². The van der Waals surface area contributed by atoms with Crippen molar-refractivity contribution >= 4 is 28.8 Å². The molecule has 0 aromatic heterocycles. The molecule has 1 saturated carbocycles. The number of carbonyl (C=O) groups is 2. The van der Waals surface area contributed by atoms with E-state index in [1.165, 1.54) is 18.2 Å². The number of hydrogen-bond acceptors (Lipinski definition) is 13. The molecule has 45 heavy (non-hydrogen) atoms. The number of aliphatic hydroxyl groups is 3. The molecule has 0 saturated heterocycles. The summed E-state index contributed by atoms with van der Waals surface area (Å²) in [4.78, 5) is 37.2. The van der Waals surface area contributed by atoms with Gasteiger partial charge in [-0.1, -0.05) is 6.92 Å². The summed E-state index contributed by atoms with van der Waals surface area (Å²) in [6, 6.07) is 5.97. The second-order valence-corrected chi connectivity index (χ2v) is 11.4. The van der Waals surface area contributed by atoms with E-state index in [0.29, 0.717) is 5.56 Å². The molecule has 1 aliphatic heterocycles. The molecule has 9 N–H and O–H groups in total. The van der Waals surface area contributed by atoms with Crippen LogP contribution in [0.4, 0.5) is 0 Å². The fourth-order valence-electron chi connectivity index (χ4n) is 5.83. The molecule has 3 aromatic carbocycles. The maximum absolute atomic E-state index is 13.0. The van der Waals surface area contributed by atoms with Gasteiger partial charge < -0.3 is 55.4 Å². The van der Waals surface area contributed by atoms with Crippen molar-refractivity contribution in [2.75, 3.05) is 0 Å². The number of rotatable bonds is 5. The summed E-state index contributed by atoms with van der Waals surface area (Å²) >= 11 is 0. The zero-order valence-electron chi connectivity index (χ0n) is 23.6. The minimum Gasteiger partial charge on any atom is -0.508 e. The van der Waals surface area contributed by atoms with Gasteiger partial charge in [0.1, 0.15) is 35.6 Å². The van der Waals surface area contributed by atoms with Crippen LogP contribution in [0.3, 0.4) is 0 Å². The third-order valence-electron chi connectivity index (χ3n) is 8.15. The smallest absolute Gasteiger partial charge is 0.335 e. The zero-order valence-corrected chi connectivity index (χ0v) is 23.6. The molecule has 238 valence electrons. The molecular formula is C31H30O14. The molecule has 5 rings (SSSR count). The number of hydrogen-bond donors (Lipinski definition) is 9. The Morgan fingerprint density at radius 2 is 1.69 bits per heavy atom. The molecule has 1 heterocycles. The molecule has 0 radical (unpaired) electrons. The van der Waals surface area contributed by atoms with Crippen molar-refractivity contribution in [1.82, 2.24) is 0 Å². The Hall–Kier alpha value is -5.05. The van der Waals surface area contributed by atoms with Crippen LogP contribution in [0.2, 0.25) is 0 Å². The van der Waals surface area contributed by atoms with Crippen LogP contribution < -0.4 is 10.2 Å². The lowest BCUT2D eigenvalue weighted by Crippen LogP contribution is -2.57. The monoisotopic (exact) mass is 626 g/mol. The lowest BCUT2D eigenvalue weighted by molar-refractivity contribution is -0.196. The number of carboxylic acid groups (broad SMARTS) is 1. The van der Waals surface area contributed by atoms with E-state index in [4.69, 9.17) is 9.47 Å². The molecule has 14 nitrogen and oxygen atoms in total. The maximum atomic E-state index is 13.0. The third-order valence-corrected chi connectivity index (χ3v) is 8.15. The van der Waals surface area contributed by atoms with Gasteiger partial charge in [0.25, 0.3) is 0 Å². The fourth-order valence-corrected chi connectivity index (χ4v) is 5.83. The summed E-state index contributed by atoms with van der Waals surface area (Å²) in [6.45, 7) is 1.78. The van der Waals surface area contributed by atoms with E-state index in [2.05, 4.69) is 0 Å². The highest BCUT2D eigenvalue weighted by atomic mass is 16.6. The van der Waals surface area contributed by atoms with Crippen molar-refractivity contribution in [2.24, 2.45) is 5.92 Å². The van der Waals surface area contributed by atoms with Crippen LogP contribution in [0.25, 0.3) is 16.8 Å². The molecule has 6 atom stereocenters. The quantitative estimate of drug-likeness (QED) is 0.110. The van der Waals surface area contributed by atoms with Gasteiger partial charge in [0.15, 0.2) is 22.8 Å². The number of carboxylic acids is 1. The summed E-state index contributed by atoms with van der Waals surface area (Å²) in [5, 5.41) is 91.4. The highest BCUT2D eigenvalue weighted by molar-refractivity contribution is 6.02. The van der Waals surface area contributed by atoms with E-state index in [-0.39, 0.29) is 46.1 Å². The molecule has 1 fully saturated rings. The van der Waals surface area contributed by atoms with Crippen LogP contribution in [-0.2, 0) is 20.7 Å². The van der Waals surface area contributed by atoms with E-state index >= 15 is 0 Å². The Morgan fingerprint density at radius 3 is 2.38 bits per heavy atom. The fraction of sp³-hybridized carbons (Fsp3) is 0.323. The standard InChI is InChI=1S/C31H30O14/c1-12-4-17-18(33)8-15(32)9-22(17)45-29(12)14-5-16-13(6-19(34)27(39)25(16)28(40)20(35)7-14)2-3-24(37)44-23-11-31(43,30(41)42)10-21(36)26(23)38/h2-3,5-9,12,21,23,26,29,32-34,36,38-39,43H,4,10-11H2,1H3,(H,35,40)(H,41,42)/b3-2+/t12-,21?,23?,26?,29+,31?/m1/s1. The predicted octanol–water partition coefficient (Wildman–Crippen LogP) is 1.30. The molecule has 4 unspecified atom stereocenters. The number of carbonyl (C=O) groups excluding carboxylic acids is 1. The number of phenolic OH excluding ortho intramolecular Hbond substituents is 4. The van der Waals surface area contributed by atoms with Crippen molar-refractivity contribution in [3.63, 3.8) is 0 Å². The summed E-state index contributed by atoms with van der Waals surface area (Å²) in [5.41, 5.74) is -2.75. The number of phenols is 4. The third kappa shape index (κ3) is 5.78. The second kappa shape index (κ2) is 11.5. The average molecular weight is 627 g/mol. The van der Waals surface area contributed by atoms with Crippen molar-refractivity contribution < 1.29 is 65.0 Å². The van der Waals surface area contributed by atoms with Crippen LogP contribution in [0.5, 0.6) is 34.5 Å². The lowest BCUT2D eigenvalue weighted by Gasteiger charge is -2.39. The van der Waals surface area contributed by atoms with E-state index in [9.17, 15) is 60.3 Å². The maximum Gasteiger partial charge on any atom is 0.335 e. The van der Waals surface area contributed by atoms with Crippen molar-refractivity contribution in [3.05, 3.63) is 63.3 Å². The Kier molecular flexibility index (Phi) is 7.99. The van der Waals surface area contributed by atoms with Crippen LogP contribution >= 0.6 is 0 Å². The summed E-state index contributed by atoms with van der Waals surface area (Å²) in [5.74, 6) is -5.94. The van der Waals surface area contributed by atoms with Gasteiger partial charge in [0, 0.05) is 42.5 Å². The largest absolute Gasteiger partial charge is 0.508 e. The second-order valence-electron chi connectivity index (χ2n) is 11.4. The molecule has 0 bridgehead atoms.